The molecule has 144 valence electrons. The molecule has 0 unspecified atom stereocenters. The zero-order valence-corrected chi connectivity index (χ0v) is 16.1. The Morgan fingerprint density at radius 3 is 2.41 bits per heavy atom. The largest absolute Gasteiger partial charge is 0.465 e. The van der Waals surface area contributed by atoms with Gasteiger partial charge in [0.2, 0.25) is 10.0 Å². The molecule has 8 nitrogen and oxygen atoms in total. The molecule has 0 atom stereocenters. The number of aryl methyl sites for hydroxylation is 1. The summed E-state index contributed by atoms with van der Waals surface area (Å²) in [4.78, 5) is 27.3. The molecule has 1 aromatic carbocycles. The number of carbonyl (C=O) groups excluding carboxylic acids is 2. The zero-order chi connectivity index (χ0) is 19.8. The summed E-state index contributed by atoms with van der Waals surface area (Å²) in [5, 5.41) is 2.74. The van der Waals surface area contributed by atoms with Gasteiger partial charge in [0, 0.05) is 17.9 Å². The normalized spacial score (nSPS) is 15.6. The topological polar surface area (TPSA) is 109 Å². The number of esters is 1. The van der Waals surface area contributed by atoms with Crippen molar-refractivity contribution in [1.29, 1.82) is 0 Å². The highest BCUT2D eigenvalue weighted by Crippen LogP contribution is 2.26. The summed E-state index contributed by atoms with van der Waals surface area (Å²) in [7, 11) is -1.95. The van der Waals surface area contributed by atoms with Gasteiger partial charge in [-0.2, -0.15) is 0 Å². The molecule has 27 heavy (non-hydrogen) atoms. The molecule has 0 spiro atoms. The van der Waals surface area contributed by atoms with Gasteiger partial charge >= 0.3 is 5.97 Å². The van der Waals surface area contributed by atoms with Crippen molar-refractivity contribution in [3.05, 3.63) is 46.8 Å². The first-order valence-electron chi connectivity index (χ1n) is 8.44. The number of ether oxygens (including phenoxy) is 1. The Kier molecular flexibility index (Phi) is 4.97. The number of methoxy groups -OCH3 is 1. The van der Waals surface area contributed by atoms with Crippen molar-refractivity contribution in [3.8, 4) is 0 Å². The highest BCUT2D eigenvalue weighted by Gasteiger charge is 2.28. The van der Waals surface area contributed by atoms with Crippen molar-refractivity contribution >= 4 is 33.3 Å². The minimum absolute atomic E-state index is 0.152. The van der Waals surface area contributed by atoms with E-state index in [1.54, 1.807) is 38.1 Å². The number of benzene rings is 1. The summed E-state index contributed by atoms with van der Waals surface area (Å²) >= 11 is 0. The number of anilines is 2. The second kappa shape index (κ2) is 7.07. The number of hydrogen-bond acceptors (Lipinski definition) is 5. The van der Waals surface area contributed by atoms with Crippen LogP contribution in [0.2, 0.25) is 0 Å². The highest BCUT2D eigenvalue weighted by molar-refractivity contribution is 7.93. The van der Waals surface area contributed by atoms with Gasteiger partial charge in [-0.1, -0.05) is 0 Å². The first-order valence-corrected chi connectivity index (χ1v) is 10.0. The quantitative estimate of drug-likeness (QED) is 0.777. The first kappa shape index (κ1) is 19.0. The summed E-state index contributed by atoms with van der Waals surface area (Å²) in [5.41, 5.74) is 2.78. The van der Waals surface area contributed by atoms with Gasteiger partial charge in [0.05, 0.1) is 24.1 Å². The Morgan fingerprint density at radius 1 is 1.19 bits per heavy atom. The number of aromatic amines is 1. The van der Waals surface area contributed by atoms with E-state index in [0.717, 1.165) is 0 Å². The first-order chi connectivity index (χ1) is 12.7. The molecule has 1 saturated heterocycles. The molecular formula is C18H21N3O5S. The number of aromatic nitrogens is 1. The Labute approximate surface area is 157 Å². The monoisotopic (exact) mass is 391 g/mol. The maximum Gasteiger partial charge on any atom is 0.339 e. The van der Waals surface area contributed by atoms with Crippen molar-refractivity contribution in [2.24, 2.45) is 0 Å². The summed E-state index contributed by atoms with van der Waals surface area (Å²) in [5.74, 6) is -0.747. The van der Waals surface area contributed by atoms with E-state index < -0.39 is 21.9 Å². The number of H-pyrrole nitrogens is 1. The van der Waals surface area contributed by atoms with Crippen LogP contribution in [0, 0.1) is 13.8 Å². The predicted molar refractivity (Wildman–Crippen MR) is 102 cm³/mol. The molecular weight excluding hydrogens is 370 g/mol. The molecule has 0 aliphatic carbocycles. The van der Waals surface area contributed by atoms with Gasteiger partial charge in [0.25, 0.3) is 5.91 Å². The van der Waals surface area contributed by atoms with Crippen LogP contribution in [0.5, 0.6) is 0 Å². The lowest BCUT2D eigenvalue weighted by atomic mass is 10.1. The molecule has 1 amide bonds. The molecule has 1 fully saturated rings. The third-order valence-corrected chi connectivity index (χ3v) is 6.44. The molecule has 2 aromatic rings. The fraction of sp³-hybridized carbons (Fsp3) is 0.333. The Morgan fingerprint density at radius 2 is 1.85 bits per heavy atom. The molecule has 0 radical (unpaired) electrons. The molecule has 2 N–H and O–H groups in total. The lowest BCUT2D eigenvalue weighted by Gasteiger charge is -2.17. The molecule has 3 rings (SSSR count). The molecule has 9 heteroatoms. The van der Waals surface area contributed by atoms with E-state index in [1.807, 2.05) is 0 Å². The van der Waals surface area contributed by atoms with Crippen LogP contribution >= 0.6 is 0 Å². The minimum Gasteiger partial charge on any atom is -0.465 e. The van der Waals surface area contributed by atoms with E-state index in [2.05, 4.69) is 10.3 Å². The van der Waals surface area contributed by atoms with Crippen LogP contribution in [0.1, 0.15) is 38.5 Å². The molecule has 1 aliphatic heterocycles. The predicted octanol–water partition coefficient (Wildman–Crippen LogP) is 2.21. The van der Waals surface area contributed by atoms with Crippen LogP contribution < -0.4 is 9.62 Å². The Bertz CT molecular complexity index is 993. The number of rotatable bonds is 4. The maximum absolute atomic E-state index is 12.6. The molecule has 2 heterocycles. The average Bonchev–Trinajstić information content (AvgIpc) is 3.13. The van der Waals surface area contributed by atoms with E-state index in [0.29, 0.717) is 41.2 Å². The molecule has 0 saturated carbocycles. The summed E-state index contributed by atoms with van der Waals surface area (Å²) in [6.45, 7) is 3.83. The average molecular weight is 391 g/mol. The van der Waals surface area contributed by atoms with Crippen LogP contribution in [0.4, 0.5) is 11.4 Å². The van der Waals surface area contributed by atoms with Crippen LogP contribution in [0.25, 0.3) is 0 Å². The van der Waals surface area contributed by atoms with Crippen molar-refractivity contribution in [3.63, 3.8) is 0 Å². The third kappa shape index (κ3) is 3.55. The summed E-state index contributed by atoms with van der Waals surface area (Å²) < 4.78 is 30.1. The van der Waals surface area contributed by atoms with Crippen LogP contribution in [0.15, 0.2) is 24.3 Å². The van der Waals surface area contributed by atoms with Crippen molar-refractivity contribution in [2.75, 3.05) is 29.0 Å². The van der Waals surface area contributed by atoms with Gasteiger partial charge in [0.1, 0.15) is 5.69 Å². The molecule has 1 aliphatic rings. The summed E-state index contributed by atoms with van der Waals surface area (Å²) in [6.07, 6.45) is 0.606. The van der Waals surface area contributed by atoms with Gasteiger partial charge < -0.3 is 15.0 Å². The van der Waals surface area contributed by atoms with Gasteiger partial charge in [-0.05, 0) is 50.1 Å². The number of hydrogen-bond donors (Lipinski definition) is 2. The molecule has 1 aromatic heterocycles. The van der Waals surface area contributed by atoms with E-state index in [1.165, 1.54) is 11.4 Å². The van der Waals surface area contributed by atoms with Gasteiger partial charge in [-0.15, -0.1) is 0 Å². The maximum atomic E-state index is 12.6. The minimum atomic E-state index is -3.24. The number of amides is 1. The van der Waals surface area contributed by atoms with Gasteiger partial charge in [-0.25, -0.2) is 13.2 Å². The highest BCUT2D eigenvalue weighted by atomic mass is 32.2. The van der Waals surface area contributed by atoms with Crippen molar-refractivity contribution < 1.29 is 22.7 Å². The zero-order valence-electron chi connectivity index (χ0n) is 15.3. The van der Waals surface area contributed by atoms with Gasteiger partial charge in [0.15, 0.2) is 0 Å². The van der Waals surface area contributed by atoms with Gasteiger partial charge in [-0.3, -0.25) is 9.10 Å². The van der Waals surface area contributed by atoms with E-state index in [4.69, 9.17) is 4.74 Å². The second-order valence-electron chi connectivity index (χ2n) is 6.36. The fourth-order valence-electron chi connectivity index (χ4n) is 3.22. The lowest BCUT2D eigenvalue weighted by Crippen LogP contribution is -2.25. The summed E-state index contributed by atoms with van der Waals surface area (Å²) in [6, 6.07) is 6.61. The van der Waals surface area contributed by atoms with Crippen molar-refractivity contribution in [2.45, 2.75) is 20.3 Å². The number of nitrogens with zero attached hydrogens (tertiary/aromatic N) is 1. The van der Waals surface area contributed by atoms with Crippen molar-refractivity contribution in [1.82, 2.24) is 4.98 Å². The van der Waals surface area contributed by atoms with E-state index in [9.17, 15) is 18.0 Å². The number of nitrogens with one attached hydrogen (secondary N) is 2. The number of sulfonamides is 1. The Hall–Kier alpha value is -2.81. The van der Waals surface area contributed by atoms with Crippen LogP contribution in [-0.2, 0) is 14.8 Å². The Balaban J connectivity index is 1.78. The van der Waals surface area contributed by atoms with Crippen LogP contribution in [-0.4, -0.2) is 44.7 Å². The number of carbonyl (C=O) groups is 2. The lowest BCUT2D eigenvalue weighted by molar-refractivity contribution is 0.0599. The van der Waals surface area contributed by atoms with E-state index >= 15 is 0 Å². The van der Waals surface area contributed by atoms with Crippen LogP contribution in [0.3, 0.4) is 0 Å². The smallest absolute Gasteiger partial charge is 0.339 e. The molecule has 0 bridgehead atoms. The second-order valence-corrected chi connectivity index (χ2v) is 8.37. The third-order valence-electron chi connectivity index (χ3n) is 4.57. The van der Waals surface area contributed by atoms with E-state index in [-0.39, 0.29) is 11.4 Å². The SMILES string of the molecule is COC(=O)c1c(C)[nH]c(C(=O)Nc2ccc(N3CCCS3(=O)=O)cc2)c1C. The standard InChI is InChI=1S/C18H21N3O5S/c1-11-15(18(23)26-3)12(2)19-16(11)17(22)20-13-5-7-14(8-6-13)21-9-4-10-27(21,24)25/h5-8,19H,4,9-10H2,1-3H3,(H,20,22). The fourth-order valence-corrected chi connectivity index (χ4v) is 4.78.